The number of likely N-dealkylation sites (N-methyl/N-ethyl adjacent to an activating group) is 1. The largest absolute Gasteiger partial charge is 0.491 e. The molecule has 2 fully saturated rings. The lowest BCUT2D eigenvalue weighted by molar-refractivity contribution is -0.184. The summed E-state index contributed by atoms with van der Waals surface area (Å²) in [6.45, 7) is 1.37. The first-order valence-corrected chi connectivity index (χ1v) is 12.3. The van der Waals surface area contributed by atoms with Crippen molar-refractivity contribution in [3.05, 3.63) is 54.2 Å². The zero-order valence-corrected chi connectivity index (χ0v) is 22.3. The molecule has 12 heteroatoms. The summed E-state index contributed by atoms with van der Waals surface area (Å²) in [7, 11) is 1.78. The van der Waals surface area contributed by atoms with E-state index in [0.29, 0.717) is 60.5 Å². The van der Waals surface area contributed by atoms with Gasteiger partial charge in [0.05, 0.1) is 6.61 Å². The number of aromatic nitrogens is 4. The van der Waals surface area contributed by atoms with Gasteiger partial charge in [-0.15, -0.1) is 35.0 Å². The summed E-state index contributed by atoms with van der Waals surface area (Å²) in [6.07, 6.45) is 0.124. The summed E-state index contributed by atoms with van der Waals surface area (Å²) in [4.78, 5) is 6.29. The van der Waals surface area contributed by atoms with Gasteiger partial charge in [0.1, 0.15) is 23.0 Å². The van der Waals surface area contributed by atoms with E-state index in [4.69, 9.17) is 9.72 Å². The van der Waals surface area contributed by atoms with E-state index in [1.807, 2.05) is 30.3 Å². The van der Waals surface area contributed by atoms with Gasteiger partial charge >= 0.3 is 6.18 Å². The number of rotatable bonds is 7. The Morgan fingerprint density at radius 2 is 1.87 bits per heavy atom. The molecule has 38 heavy (non-hydrogen) atoms. The van der Waals surface area contributed by atoms with Crippen molar-refractivity contribution in [1.82, 2.24) is 29.8 Å². The number of nitrogens with one attached hydrogen (secondary N) is 1. The fourth-order valence-corrected chi connectivity index (χ4v) is 4.96. The Morgan fingerprint density at radius 1 is 1.05 bits per heavy atom. The second kappa shape index (κ2) is 11.2. The summed E-state index contributed by atoms with van der Waals surface area (Å²) in [5.74, 6) is 1.69. The topological polar surface area (TPSA) is 67.6 Å². The van der Waals surface area contributed by atoms with E-state index in [1.165, 1.54) is 30.0 Å². The van der Waals surface area contributed by atoms with Gasteiger partial charge in [-0.3, -0.25) is 9.30 Å². The molecule has 1 saturated carbocycles. The highest BCUT2D eigenvalue weighted by Gasteiger charge is 2.46. The molecule has 0 radical (unpaired) electrons. The second-order valence-corrected chi connectivity index (χ2v) is 9.71. The monoisotopic (exact) mass is 568 g/mol. The van der Waals surface area contributed by atoms with Crippen molar-refractivity contribution in [3.8, 4) is 17.3 Å². The molecule has 0 amide bonds. The molecular weight excluding hydrogens is 540 g/mol. The van der Waals surface area contributed by atoms with Gasteiger partial charge in [-0.1, -0.05) is 24.3 Å². The smallest absolute Gasteiger partial charge is 0.408 e. The summed E-state index contributed by atoms with van der Waals surface area (Å²) in [5, 5.41) is 12.5. The van der Waals surface area contributed by atoms with E-state index in [2.05, 4.69) is 15.5 Å². The highest BCUT2D eigenvalue weighted by Crippen LogP contribution is 2.40. The third-order valence-corrected chi connectivity index (χ3v) is 7.13. The first-order valence-electron chi connectivity index (χ1n) is 12.3. The number of nitrogens with zero attached hydrogens (tertiary/aromatic N) is 5. The Hall–Kier alpha value is -2.66. The number of halogens is 5. The zero-order chi connectivity index (χ0) is 24.9. The summed E-state index contributed by atoms with van der Waals surface area (Å²) in [6, 6.07) is 10.9. The number of fused-ring (bicyclic) bond motifs is 2. The Balaban J connectivity index is 0.00000168. The van der Waals surface area contributed by atoms with Crippen LogP contribution in [0, 0.1) is 5.92 Å². The molecule has 6 rings (SSSR count). The van der Waals surface area contributed by atoms with Crippen LogP contribution >= 0.6 is 24.8 Å². The average molecular weight is 569 g/mol. The van der Waals surface area contributed by atoms with Gasteiger partial charge in [-0.2, -0.15) is 13.2 Å². The number of ether oxygens (including phenoxy) is 1. The molecule has 2 aliphatic rings. The quantitative estimate of drug-likeness (QED) is 0.318. The van der Waals surface area contributed by atoms with Crippen LogP contribution in [0.1, 0.15) is 30.9 Å². The average Bonchev–Trinajstić information content (AvgIpc) is 3.42. The molecule has 0 unspecified atom stereocenters. The predicted octanol–water partition coefficient (Wildman–Crippen LogP) is 5.47. The van der Waals surface area contributed by atoms with E-state index in [1.54, 1.807) is 17.5 Å². The maximum atomic E-state index is 14.3. The van der Waals surface area contributed by atoms with Crippen LogP contribution in [0.2, 0.25) is 0 Å². The van der Waals surface area contributed by atoms with Crippen molar-refractivity contribution in [3.63, 3.8) is 0 Å². The van der Waals surface area contributed by atoms with Crippen molar-refractivity contribution in [2.45, 2.75) is 37.5 Å². The lowest BCUT2D eigenvalue weighted by Gasteiger charge is -2.30. The molecule has 0 spiro atoms. The predicted molar refractivity (Wildman–Crippen MR) is 144 cm³/mol. The van der Waals surface area contributed by atoms with E-state index >= 15 is 0 Å². The van der Waals surface area contributed by atoms with Gasteiger partial charge in [0.25, 0.3) is 0 Å². The molecule has 7 nitrogen and oxygen atoms in total. The standard InChI is InChI=1S/C26H27F3N6O.2ClH/c1-30-19-11-12-34(14-19)24(26(27,28)29)18-8-10-22-32-33-25(35(22)13-18)20-9-7-17-3-2-4-21(23(17)31-20)36-15-16-5-6-16;;/h2-4,7-10,13,16,19,24,30H,5-6,11-12,14-15H2,1H3;2*1H/t19-,24+;;/m0../s1. The van der Waals surface area contributed by atoms with E-state index in [-0.39, 0.29) is 36.4 Å². The van der Waals surface area contributed by atoms with Crippen molar-refractivity contribution >= 4 is 41.4 Å². The van der Waals surface area contributed by atoms with Crippen LogP contribution in [0.25, 0.3) is 28.1 Å². The fourth-order valence-electron chi connectivity index (χ4n) is 4.96. The van der Waals surface area contributed by atoms with Crippen LogP contribution in [0.3, 0.4) is 0 Å². The number of likely N-dealkylation sites (tertiary alicyclic amines) is 1. The molecular formula is C26H29Cl2F3N6O. The maximum absolute atomic E-state index is 14.3. The highest BCUT2D eigenvalue weighted by atomic mass is 35.5. The molecule has 1 saturated heterocycles. The van der Waals surface area contributed by atoms with Crippen LogP contribution in [0.15, 0.2) is 48.7 Å². The normalized spacial score (nSPS) is 18.8. The highest BCUT2D eigenvalue weighted by molar-refractivity contribution is 5.86. The number of hydrogen-bond donors (Lipinski definition) is 1. The van der Waals surface area contributed by atoms with Gasteiger partial charge in [-0.05, 0) is 56.0 Å². The van der Waals surface area contributed by atoms with Crippen molar-refractivity contribution in [2.24, 2.45) is 5.92 Å². The lowest BCUT2D eigenvalue weighted by Crippen LogP contribution is -2.39. The molecule has 4 heterocycles. The minimum atomic E-state index is -4.42. The maximum Gasteiger partial charge on any atom is 0.408 e. The fraction of sp³-hybridized carbons (Fsp3) is 0.423. The molecule has 1 aliphatic carbocycles. The third kappa shape index (κ3) is 5.54. The Morgan fingerprint density at radius 3 is 2.58 bits per heavy atom. The van der Waals surface area contributed by atoms with Crippen LogP contribution in [-0.2, 0) is 0 Å². The van der Waals surface area contributed by atoms with E-state index < -0.39 is 12.2 Å². The molecule has 1 N–H and O–H groups in total. The van der Waals surface area contributed by atoms with Crippen LogP contribution in [0.5, 0.6) is 5.75 Å². The molecule has 0 bridgehead atoms. The van der Waals surface area contributed by atoms with Crippen LogP contribution in [0.4, 0.5) is 13.2 Å². The molecule has 1 aromatic carbocycles. The van der Waals surface area contributed by atoms with Gasteiger partial charge < -0.3 is 10.1 Å². The molecule has 2 atom stereocenters. The number of para-hydroxylation sites is 1. The van der Waals surface area contributed by atoms with Crippen LogP contribution < -0.4 is 10.1 Å². The van der Waals surface area contributed by atoms with Crippen molar-refractivity contribution in [2.75, 3.05) is 26.7 Å². The number of alkyl halides is 3. The Bertz CT molecular complexity index is 1410. The van der Waals surface area contributed by atoms with Gasteiger partial charge in [0.15, 0.2) is 11.5 Å². The first kappa shape index (κ1) is 28.4. The summed E-state index contributed by atoms with van der Waals surface area (Å²) >= 11 is 0. The third-order valence-electron chi connectivity index (χ3n) is 7.13. The second-order valence-electron chi connectivity index (χ2n) is 9.71. The molecule has 3 aromatic heterocycles. The van der Waals surface area contributed by atoms with Gasteiger partial charge in [-0.25, -0.2) is 4.98 Å². The minimum Gasteiger partial charge on any atom is -0.491 e. The summed E-state index contributed by atoms with van der Waals surface area (Å²) in [5.41, 5.74) is 1.84. The number of pyridine rings is 2. The lowest BCUT2D eigenvalue weighted by atomic mass is 10.1. The number of hydrogen-bond acceptors (Lipinski definition) is 6. The van der Waals surface area contributed by atoms with Crippen molar-refractivity contribution < 1.29 is 17.9 Å². The Kier molecular flexibility index (Phi) is 8.37. The molecule has 204 valence electrons. The molecule has 1 aliphatic heterocycles. The Labute approximate surface area is 230 Å². The van der Waals surface area contributed by atoms with Gasteiger partial charge in [0.2, 0.25) is 0 Å². The minimum absolute atomic E-state index is 0. The number of benzene rings is 1. The van der Waals surface area contributed by atoms with Gasteiger partial charge in [0, 0.05) is 30.7 Å². The van der Waals surface area contributed by atoms with Crippen LogP contribution in [-0.4, -0.2) is 63.4 Å². The van der Waals surface area contributed by atoms with E-state index in [9.17, 15) is 13.2 Å². The zero-order valence-electron chi connectivity index (χ0n) is 20.7. The first-order chi connectivity index (χ1) is 17.4. The summed E-state index contributed by atoms with van der Waals surface area (Å²) < 4.78 is 50.4. The molecule has 4 aromatic rings. The SMILES string of the molecule is CN[C@H]1CCN([C@H](c2ccc3nnc(-c4ccc5cccc(OCC6CC6)c5n4)n3c2)C(F)(F)F)C1.Cl.Cl. The van der Waals surface area contributed by atoms with Crippen molar-refractivity contribution in [1.29, 1.82) is 0 Å². The van der Waals surface area contributed by atoms with E-state index in [0.717, 1.165) is 5.39 Å².